The molecule has 2 N–H and O–H groups in total. The van der Waals surface area contributed by atoms with Crippen LogP contribution in [0.4, 0.5) is 5.69 Å². The Balaban J connectivity index is 2.13. The summed E-state index contributed by atoms with van der Waals surface area (Å²) >= 11 is 1.46. The number of phenolic OH excluding ortho intramolecular Hbond substituents is 1. The molecule has 2 rings (SSSR count). The Hall–Kier alpha value is -1.95. The van der Waals surface area contributed by atoms with Gasteiger partial charge in [-0.2, -0.15) is 0 Å². The molecular weight excluding hydrogens is 276 g/mol. The van der Waals surface area contributed by atoms with E-state index in [4.69, 9.17) is 4.52 Å². The summed E-state index contributed by atoms with van der Waals surface area (Å²) in [4.78, 5) is 12.9. The minimum Gasteiger partial charge on any atom is -0.508 e. The normalized spacial score (nSPS) is 10.6. The minimum absolute atomic E-state index is 0.139. The molecule has 0 unspecified atom stereocenters. The highest BCUT2D eigenvalue weighted by Crippen LogP contribution is 2.29. The average Bonchev–Trinajstić information content (AvgIpc) is 2.72. The Kier molecular flexibility index (Phi) is 4.34. The number of phenols is 1. The second-order valence-corrected chi connectivity index (χ2v) is 5.26. The van der Waals surface area contributed by atoms with Crippen LogP contribution in [0.1, 0.15) is 17.0 Å². The molecule has 1 aromatic carbocycles. The van der Waals surface area contributed by atoms with Gasteiger partial charge in [0.05, 0.1) is 17.8 Å². The number of carbonyl (C=O) groups excluding carboxylic acids is 1. The SMILES string of the molecule is CSc1cc(O)ccc1NC(=O)Cc1c(C)noc1C. The van der Waals surface area contributed by atoms with E-state index in [1.807, 2.05) is 13.2 Å². The third-order valence-electron chi connectivity index (χ3n) is 2.98. The molecule has 1 aromatic heterocycles. The van der Waals surface area contributed by atoms with E-state index < -0.39 is 0 Å². The van der Waals surface area contributed by atoms with E-state index >= 15 is 0 Å². The van der Waals surface area contributed by atoms with Gasteiger partial charge >= 0.3 is 0 Å². The Morgan fingerprint density at radius 1 is 1.45 bits per heavy atom. The van der Waals surface area contributed by atoms with Gasteiger partial charge in [-0.1, -0.05) is 5.16 Å². The maximum Gasteiger partial charge on any atom is 0.229 e. The molecule has 0 aliphatic heterocycles. The molecule has 0 saturated heterocycles. The fourth-order valence-corrected chi connectivity index (χ4v) is 2.47. The summed E-state index contributed by atoms with van der Waals surface area (Å²) in [5.41, 5.74) is 2.23. The molecule has 0 radical (unpaired) electrons. The molecule has 0 saturated carbocycles. The monoisotopic (exact) mass is 292 g/mol. The topological polar surface area (TPSA) is 75.4 Å². The van der Waals surface area contributed by atoms with Gasteiger partial charge in [0.1, 0.15) is 11.5 Å². The van der Waals surface area contributed by atoms with Crippen LogP contribution in [0.25, 0.3) is 0 Å². The lowest BCUT2D eigenvalue weighted by Crippen LogP contribution is -2.15. The van der Waals surface area contributed by atoms with Gasteiger partial charge in [0, 0.05) is 10.5 Å². The molecule has 0 aliphatic carbocycles. The summed E-state index contributed by atoms with van der Waals surface area (Å²) in [6, 6.07) is 4.85. The van der Waals surface area contributed by atoms with Crippen LogP contribution >= 0.6 is 11.8 Å². The number of amides is 1. The third kappa shape index (κ3) is 3.14. The number of aromatic nitrogens is 1. The van der Waals surface area contributed by atoms with Crippen molar-refractivity contribution in [1.82, 2.24) is 5.16 Å². The van der Waals surface area contributed by atoms with E-state index in [2.05, 4.69) is 10.5 Å². The lowest BCUT2D eigenvalue weighted by molar-refractivity contribution is -0.115. The molecule has 1 heterocycles. The number of carbonyl (C=O) groups is 1. The van der Waals surface area contributed by atoms with Crippen LogP contribution in [0.2, 0.25) is 0 Å². The van der Waals surface area contributed by atoms with Crippen molar-refractivity contribution in [3.8, 4) is 5.75 Å². The fraction of sp³-hybridized carbons (Fsp3) is 0.286. The number of anilines is 1. The summed E-state index contributed by atoms with van der Waals surface area (Å²) in [5.74, 6) is 0.701. The quantitative estimate of drug-likeness (QED) is 0.669. The van der Waals surface area contributed by atoms with Crippen LogP contribution in [-0.2, 0) is 11.2 Å². The van der Waals surface area contributed by atoms with Crippen LogP contribution < -0.4 is 5.32 Å². The number of aromatic hydroxyl groups is 1. The van der Waals surface area contributed by atoms with Crippen LogP contribution in [0.15, 0.2) is 27.6 Å². The number of thioether (sulfide) groups is 1. The summed E-state index contributed by atoms with van der Waals surface area (Å²) in [6.07, 6.45) is 2.11. The van der Waals surface area contributed by atoms with E-state index in [1.165, 1.54) is 11.8 Å². The molecular formula is C14H16N2O3S. The number of benzene rings is 1. The van der Waals surface area contributed by atoms with Crippen LogP contribution in [0.5, 0.6) is 5.75 Å². The average molecular weight is 292 g/mol. The Morgan fingerprint density at radius 3 is 2.80 bits per heavy atom. The van der Waals surface area contributed by atoms with Crippen molar-refractivity contribution >= 4 is 23.4 Å². The van der Waals surface area contributed by atoms with Crippen molar-refractivity contribution in [2.45, 2.75) is 25.2 Å². The molecule has 0 bridgehead atoms. The molecule has 5 nitrogen and oxygen atoms in total. The molecule has 0 fully saturated rings. The number of nitrogens with one attached hydrogen (secondary N) is 1. The first-order valence-electron chi connectivity index (χ1n) is 6.10. The molecule has 2 aromatic rings. The first-order chi connectivity index (χ1) is 9.51. The Bertz CT molecular complexity index is 618. The predicted molar refractivity (Wildman–Crippen MR) is 78.2 cm³/mol. The maximum atomic E-state index is 12.1. The molecule has 6 heteroatoms. The standard InChI is InChI=1S/C14H16N2O3S/c1-8-11(9(2)19-16-8)7-14(18)15-12-5-4-10(17)6-13(12)20-3/h4-6,17H,7H2,1-3H3,(H,15,18). The zero-order valence-electron chi connectivity index (χ0n) is 11.6. The highest BCUT2D eigenvalue weighted by molar-refractivity contribution is 7.98. The lowest BCUT2D eigenvalue weighted by Gasteiger charge is -2.09. The lowest BCUT2D eigenvalue weighted by atomic mass is 10.1. The molecule has 1 amide bonds. The first kappa shape index (κ1) is 14.5. The van der Waals surface area contributed by atoms with Gasteiger partial charge in [0.15, 0.2) is 0 Å². The first-order valence-corrected chi connectivity index (χ1v) is 7.32. The second kappa shape index (κ2) is 6.00. The Labute approximate surface area is 121 Å². The highest BCUT2D eigenvalue weighted by atomic mass is 32.2. The van der Waals surface area contributed by atoms with Gasteiger partial charge in [0.25, 0.3) is 0 Å². The number of hydrogen-bond donors (Lipinski definition) is 2. The van der Waals surface area contributed by atoms with Crippen molar-refractivity contribution in [2.75, 3.05) is 11.6 Å². The molecule has 20 heavy (non-hydrogen) atoms. The zero-order chi connectivity index (χ0) is 14.7. The van der Waals surface area contributed by atoms with Crippen molar-refractivity contribution in [3.05, 3.63) is 35.2 Å². The van der Waals surface area contributed by atoms with E-state index in [0.29, 0.717) is 11.4 Å². The second-order valence-electron chi connectivity index (χ2n) is 4.41. The van der Waals surface area contributed by atoms with Gasteiger partial charge in [-0.25, -0.2) is 0 Å². The highest BCUT2D eigenvalue weighted by Gasteiger charge is 2.14. The van der Waals surface area contributed by atoms with Crippen LogP contribution in [-0.4, -0.2) is 22.4 Å². The summed E-state index contributed by atoms with van der Waals surface area (Å²) in [7, 11) is 0. The van der Waals surface area contributed by atoms with E-state index in [9.17, 15) is 9.90 Å². The van der Waals surface area contributed by atoms with Gasteiger partial charge < -0.3 is 14.9 Å². The molecule has 0 spiro atoms. The van der Waals surface area contributed by atoms with Crippen LogP contribution in [0.3, 0.4) is 0 Å². The van der Waals surface area contributed by atoms with Gasteiger partial charge in [-0.3, -0.25) is 4.79 Å². The summed E-state index contributed by atoms with van der Waals surface area (Å²) < 4.78 is 5.04. The van der Waals surface area contributed by atoms with Gasteiger partial charge in [-0.05, 0) is 38.3 Å². The van der Waals surface area contributed by atoms with Crippen molar-refractivity contribution in [3.63, 3.8) is 0 Å². The van der Waals surface area contributed by atoms with Crippen molar-refractivity contribution < 1.29 is 14.4 Å². The van der Waals surface area contributed by atoms with Gasteiger partial charge in [-0.15, -0.1) is 11.8 Å². The number of aryl methyl sites for hydroxylation is 2. The zero-order valence-corrected chi connectivity index (χ0v) is 12.4. The van der Waals surface area contributed by atoms with Gasteiger partial charge in [0.2, 0.25) is 5.91 Å². The summed E-state index contributed by atoms with van der Waals surface area (Å²) in [6.45, 7) is 3.60. The predicted octanol–water partition coefficient (Wildman–Crippen LogP) is 2.90. The molecule has 0 atom stereocenters. The number of hydrogen-bond acceptors (Lipinski definition) is 5. The summed E-state index contributed by atoms with van der Waals surface area (Å²) in [5, 5.41) is 16.1. The van der Waals surface area contributed by atoms with E-state index in [1.54, 1.807) is 25.1 Å². The smallest absolute Gasteiger partial charge is 0.229 e. The Morgan fingerprint density at radius 2 is 2.20 bits per heavy atom. The maximum absolute atomic E-state index is 12.1. The number of rotatable bonds is 4. The third-order valence-corrected chi connectivity index (χ3v) is 3.76. The fourth-order valence-electron chi connectivity index (χ4n) is 1.89. The van der Waals surface area contributed by atoms with E-state index in [0.717, 1.165) is 16.2 Å². The largest absolute Gasteiger partial charge is 0.508 e. The number of nitrogens with zero attached hydrogens (tertiary/aromatic N) is 1. The van der Waals surface area contributed by atoms with Crippen molar-refractivity contribution in [1.29, 1.82) is 0 Å². The van der Waals surface area contributed by atoms with E-state index in [-0.39, 0.29) is 18.1 Å². The molecule has 106 valence electrons. The molecule has 0 aliphatic rings. The van der Waals surface area contributed by atoms with Crippen molar-refractivity contribution in [2.24, 2.45) is 0 Å². The van der Waals surface area contributed by atoms with Crippen LogP contribution in [0, 0.1) is 13.8 Å². The minimum atomic E-state index is -0.139.